The van der Waals surface area contributed by atoms with E-state index in [2.05, 4.69) is 5.32 Å². The third-order valence-electron chi connectivity index (χ3n) is 3.14. The molecule has 2 aliphatic heterocycles. The molecule has 0 saturated carbocycles. The number of hydrogen-bond acceptors (Lipinski definition) is 4. The van der Waals surface area contributed by atoms with Crippen LogP contribution < -0.4 is 5.32 Å². The van der Waals surface area contributed by atoms with Gasteiger partial charge in [-0.05, 0) is 19.3 Å². The Morgan fingerprint density at radius 2 is 2.00 bits per heavy atom. The fourth-order valence-electron chi connectivity index (χ4n) is 2.17. The van der Waals surface area contributed by atoms with Crippen molar-refractivity contribution in [2.45, 2.75) is 30.8 Å². The van der Waals surface area contributed by atoms with E-state index < -0.39 is 0 Å². The van der Waals surface area contributed by atoms with Gasteiger partial charge in [-0.15, -0.1) is 0 Å². The third-order valence-corrected chi connectivity index (χ3v) is 3.14. The lowest BCUT2D eigenvalue weighted by Crippen LogP contribution is -2.54. The molecule has 14 heavy (non-hydrogen) atoms. The second-order valence-electron chi connectivity index (χ2n) is 4.27. The van der Waals surface area contributed by atoms with Gasteiger partial charge in [0.15, 0.2) is 0 Å². The van der Waals surface area contributed by atoms with Crippen molar-refractivity contribution in [2.75, 3.05) is 33.0 Å². The average molecular weight is 201 g/mol. The van der Waals surface area contributed by atoms with E-state index in [0.717, 1.165) is 39.1 Å². The largest absolute Gasteiger partial charge is 0.394 e. The summed E-state index contributed by atoms with van der Waals surface area (Å²) in [6, 6.07) is 0.484. The zero-order chi connectivity index (χ0) is 9.86. The van der Waals surface area contributed by atoms with Crippen LogP contribution in [-0.4, -0.2) is 49.7 Å². The molecule has 0 aliphatic carbocycles. The average Bonchev–Trinajstić information content (AvgIpc) is 2.69. The van der Waals surface area contributed by atoms with Gasteiger partial charge in [0.2, 0.25) is 0 Å². The minimum atomic E-state index is -0.179. The Kier molecular flexibility index (Phi) is 3.38. The van der Waals surface area contributed by atoms with Crippen LogP contribution in [0.25, 0.3) is 0 Å². The summed E-state index contributed by atoms with van der Waals surface area (Å²) in [6.07, 6.45) is 3.00. The molecule has 82 valence electrons. The molecule has 0 radical (unpaired) electrons. The van der Waals surface area contributed by atoms with E-state index in [9.17, 15) is 5.11 Å². The first-order valence-electron chi connectivity index (χ1n) is 5.39. The lowest BCUT2D eigenvalue weighted by atomic mass is 9.96. The second kappa shape index (κ2) is 4.57. The van der Waals surface area contributed by atoms with Crippen molar-refractivity contribution in [2.24, 2.45) is 0 Å². The van der Waals surface area contributed by atoms with Crippen LogP contribution in [0.1, 0.15) is 19.3 Å². The molecule has 4 heteroatoms. The van der Waals surface area contributed by atoms with E-state index in [-0.39, 0.29) is 12.1 Å². The molecule has 0 aromatic carbocycles. The van der Waals surface area contributed by atoms with Crippen LogP contribution in [0.5, 0.6) is 0 Å². The van der Waals surface area contributed by atoms with Crippen LogP contribution in [0.3, 0.4) is 0 Å². The number of aliphatic hydroxyl groups is 1. The molecule has 2 rings (SSSR count). The van der Waals surface area contributed by atoms with Gasteiger partial charge in [0, 0.05) is 25.9 Å². The molecule has 0 amide bonds. The second-order valence-corrected chi connectivity index (χ2v) is 4.27. The van der Waals surface area contributed by atoms with Crippen LogP contribution in [0.15, 0.2) is 0 Å². The Morgan fingerprint density at radius 1 is 1.21 bits per heavy atom. The van der Waals surface area contributed by atoms with Crippen LogP contribution in [0.4, 0.5) is 0 Å². The van der Waals surface area contributed by atoms with Gasteiger partial charge >= 0.3 is 0 Å². The Bertz CT molecular complexity index is 174. The highest BCUT2D eigenvalue weighted by molar-refractivity contribution is 4.94. The van der Waals surface area contributed by atoms with E-state index in [4.69, 9.17) is 9.47 Å². The summed E-state index contributed by atoms with van der Waals surface area (Å²) in [7, 11) is 0. The summed E-state index contributed by atoms with van der Waals surface area (Å²) in [5.74, 6) is 0. The molecule has 2 fully saturated rings. The van der Waals surface area contributed by atoms with Crippen molar-refractivity contribution in [1.29, 1.82) is 0 Å². The predicted molar refractivity (Wildman–Crippen MR) is 52.2 cm³/mol. The molecule has 0 bridgehead atoms. The Balaban J connectivity index is 1.86. The fraction of sp³-hybridized carbons (Fsp3) is 1.00. The highest BCUT2D eigenvalue weighted by atomic mass is 16.5. The Morgan fingerprint density at radius 3 is 2.57 bits per heavy atom. The topological polar surface area (TPSA) is 50.7 Å². The number of aliphatic hydroxyl groups excluding tert-OH is 1. The number of ether oxygens (including phenoxy) is 2. The first-order valence-corrected chi connectivity index (χ1v) is 5.39. The van der Waals surface area contributed by atoms with Crippen LogP contribution >= 0.6 is 0 Å². The first kappa shape index (κ1) is 10.4. The van der Waals surface area contributed by atoms with Crippen LogP contribution in [0, 0.1) is 0 Å². The maximum atomic E-state index is 9.37. The number of hydrogen-bond donors (Lipinski definition) is 2. The van der Waals surface area contributed by atoms with Crippen molar-refractivity contribution < 1.29 is 14.6 Å². The standard InChI is InChI=1S/C10H19NO3/c12-7-10(3-6-14-8-10)11-9-1-4-13-5-2-9/h9,11-12H,1-8H2. The number of rotatable bonds is 3. The van der Waals surface area contributed by atoms with Gasteiger partial charge in [0.1, 0.15) is 0 Å². The normalized spacial score (nSPS) is 34.9. The summed E-state index contributed by atoms with van der Waals surface area (Å²) in [6.45, 7) is 3.24. The van der Waals surface area contributed by atoms with Crippen molar-refractivity contribution in [3.63, 3.8) is 0 Å². The zero-order valence-electron chi connectivity index (χ0n) is 8.50. The lowest BCUT2D eigenvalue weighted by Gasteiger charge is -2.34. The minimum absolute atomic E-state index is 0.171. The quantitative estimate of drug-likeness (QED) is 0.670. The smallest absolute Gasteiger partial charge is 0.0675 e. The highest BCUT2D eigenvalue weighted by Crippen LogP contribution is 2.21. The minimum Gasteiger partial charge on any atom is -0.394 e. The van der Waals surface area contributed by atoms with E-state index >= 15 is 0 Å². The monoisotopic (exact) mass is 201 g/mol. The van der Waals surface area contributed by atoms with Gasteiger partial charge in [-0.2, -0.15) is 0 Å². The van der Waals surface area contributed by atoms with Crippen molar-refractivity contribution in [3.05, 3.63) is 0 Å². The maximum absolute atomic E-state index is 9.37. The predicted octanol–water partition coefficient (Wildman–Crippen LogP) is -0.0936. The van der Waals surface area contributed by atoms with E-state index in [0.29, 0.717) is 12.6 Å². The molecule has 2 saturated heterocycles. The van der Waals surface area contributed by atoms with Crippen LogP contribution in [0.2, 0.25) is 0 Å². The van der Waals surface area contributed by atoms with Gasteiger partial charge < -0.3 is 19.9 Å². The van der Waals surface area contributed by atoms with Gasteiger partial charge in [-0.25, -0.2) is 0 Å². The summed E-state index contributed by atoms with van der Waals surface area (Å²) < 4.78 is 10.6. The SMILES string of the molecule is OCC1(NC2CCOCC2)CCOC1. The molecular formula is C10H19NO3. The van der Waals surface area contributed by atoms with E-state index in [1.54, 1.807) is 0 Å². The first-order chi connectivity index (χ1) is 6.85. The van der Waals surface area contributed by atoms with Gasteiger partial charge in [-0.1, -0.05) is 0 Å². The molecule has 0 aromatic heterocycles. The summed E-state index contributed by atoms with van der Waals surface area (Å²) in [5, 5.41) is 12.9. The van der Waals surface area contributed by atoms with Crippen LogP contribution in [-0.2, 0) is 9.47 Å². The van der Waals surface area contributed by atoms with Gasteiger partial charge in [-0.3, -0.25) is 0 Å². The summed E-state index contributed by atoms with van der Waals surface area (Å²) in [4.78, 5) is 0. The molecule has 1 atom stereocenters. The highest BCUT2D eigenvalue weighted by Gasteiger charge is 2.36. The Hall–Kier alpha value is -0.160. The Labute approximate surface area is 84.6 Å². The summed E-state index contributed by atoms with van der Waals surface area (Å²) in [5.41, 5.74) is -0.179. The van der Waals surface area contributed by atoms with Crippen molar-refractivity contribution in [3.8, 4) is 0 Å². The van der Waals surface area contributed by atoms with Gasteiger partial charge in [0.05, 0.1) is 18.8 Å². The maximum Gasteiger partial charge on any atom is 0.0675 e. The summed E-state index contributed by atoms with van der Waals surface area (Å²) >= 11 is 0. The molecule has 4 nitrogen and oxygen atoms in total. The fourth-order valence-corrected chi connectivity index (χ4v) is 2.17. The van der Waals surface area contributed by atoms with Crippen molar-refractivity contribution in [1.82, 2.24) is 5.32 Å². The lowest BCUT2D eigenvalue weighted by molar-refractivity contribution is 0.0527. The molecule has 2 N–H and O–H groups in total. The van der Waals surface area contributed by atoms with E-state index in [1.807, 2.05) is 0 Å². The third kappa shape index (κ3) is 2.25. The molecular weight excluding hydrogens is 182 g/mol. The molecule has 2 heterocycles. The van der Waals surface area contributed by atoms with Crippen molar-refractivity contribution >= 4 is 0 Å². The molecule has 0 spiro atoms. The number of nitrogens with one attached hydrogen (secondary N) is 1. The van der Waals surface area contributed by atoms with Gasteiger partial charge in [0.25, 0.3) is 0 Å². The molecule has 1 unspecified atom stereocenters. The molecule has 0 aromatic rings. The zero-order valence-corrected chi connectivity index (χ0v) is 8.50. The molecule has 2 aliphatic rings. The van der Waals surface area contributed by atoms with E-state index in [1.165, 1.54) is 0 Å².